The SMILES string of the molecule is CCn1nc(C)c(Br)c1CNC(C)CCBr. The summed E-state index contributed by atoms with van der Waals surface area (Å²) in [6, 6.07) is 0.520. The van der Waals surface area contributed by atoms with E-state index in [0.717, 1.165) is 35.0 Å². The smallest absolute Gasteiger partial charge is 0.0739 e. The Balaban J connectivity index is 2.65. The number of nitrogens with zero attached hydrogens (tertiary/aromatic N) is 2. The van der Waals surface area contributed by atoms with Gasteiger partial charge in [0, 0.05) is 24.5 Å². The van der Waals surface area contributed by atoms with Crippen molar-refractivity contribution < 1.29 is 0 Å². The average molecular weight is 353 g/mol. The van der Waals surface area contributed by atoms with Crippen LogP contribution in [0.2, 0.25) is 0 Å². The van der Waals surface area contributed by atoms with Gasteiger partial charge in [0.05, 0.1) is 15.9 Å². The fourth-order valence-electron chi connectivity index (χ4n) is 1.57. The molecule has 0 aliphatic heterocycles. The molecular formula is C11H19Br2N3. The molecule has 0 aromatic carbocycles. The highest BCUT2D eigenvalue weighted by atomic mass is 79.9. The maximum Gasteiger partial charge on any atom is 0.0739 e. The van der Waals surface area contributed by atoms with Crippen LogP contribution in [0.3, 0.4) is 0 Å². The molecule has 0 radical (unpaired) electrons. The molecule has 1 aromatic heterocycles. The van der Waals surface area contributed by atoms with Crippen LogP contribution in [0.25, 0.3) is 0 Å². The number of alkyl halides is 1. The van der Waals surface area contributed by atoms with Crippen LogP contribution < -0.4 is 5.32 Å². The minimum atomic E-state index is 0.520. The van der Waals surface area contributed by atoms with Crippen molar-refractivity contribution in [2.75, 3.05) is 5.33 Å². The van der Waals surface area contributed by atoms with Gasteiger partial charge in [0.25, 0.3) is 0 Å². The highest BCUT2D eigenvalue weighted by Crippen LogP contribution is 2.20. The van der Waals surface area contributed by atoms with E-state index in [2.05, 4.69) is 56.1 Å². The molecule has 3 nitrogen and oxygen atoms in total. The van der Waals surface area contributed by atoms with E-state index in [-0.39, 0.29) is 0 Å². The predicted octanol–water partition coefficient (Wildman–Crippen LogP) is 3.24. The fourth-order valence-corrected chi connectivity index (χ4v) is 2.69. The summed E-state index contributed by atoms with van der Waals surface area (Å²) in [4.78, 5) is 0. The lowest BCUT2D eigenvalue weighted by Gasteiger charge is -2.13. The molecule has 5 heteroatoms. The molecule has 0 aliphatic carbocycles. The Morgan fingerprint density at radius 3 is 2.75 bits per heavy atom. The van der Waals surface area contributed by atoms with Crippen LogP contribution in [-0.4, -0.2) is 21.2 Å². The Bertz CT molecular complexity index is 336. The quantitative estimate of drug-likeness (QED) is 0.796. The molecule has 0 saturated carbocycles. The summed E-state index contributed by atoms with van der Waals surface area (Å²) in [5.74, 6) is 0. The Labute approximate surface area is 114 Å². The lowest BCUT2D eigenvalue weighted by molar-refractivity contribution is 0.508. The average Bonchev–Trinajstić information content (AvgIpc) is 2.53. The first kappa shape index (κ1) is 14.2. The second kappa shape index (κ2) is 6.77. The highest BCUT2D eigenvalue weighted by Gasteiger charge is 2.12. The van der Waals surface area contributed by atoms with Gasteiger partial charge in [0.2, 0.25) is 0 Å². The van der Waals surface area contributed by atoms with Gasteiger partial charge in [0.1, 0.15) is 0 Å². The van der Waals surface area contributed by atoms with Crippen molar-refractivity contribution in [2.45, 2.75) is 46.3 Å². The molecule has 0 spiro atoms. The zero-order valence-corrected chi connectivity index (χ0v) is 13.2. The summed E-state index contributed by atoms with van der Waals surface area (Å²) in [5, 5.41) is 9.02. The van der Waals surface area contributed by atoms with Crippen molar-refractivity contribution in [3.05, 3.63) is 15.9 Å². The molecule has 0 bridgehead atoms. The van der Waals surface area contributed by atoms with E-state index in [4.69, 9.17) is 0 Å². The number of nitrogens with one attached hydrogen (secondary N) is 1. The van der Waals surface area contributed by atoms with Crippen molar-refractivity contribution >= 4 is 31.9 Å². The van der Waals surface area contributed by atoms with Crippen LogP contribution in [0.5, 0.6) is 0 Å². The zero-order chi connectivity index (χ0) is 12.1. The third-order valence-electron chi connectivity index (χ3n) is 2.61. The second-order valence-corrected chi connectivity index (χ2v) is 5.51. The monoisotopic (exact) mass is 351 g/mol. The van der Waals surface area contributed by atoms with Gasteiger partial charge in [-0.15, -0.1) is 0 Å². The number of aromatic nitrogens is 2. The largest absolute Gasteiger partial charge is 0.309 e. The molecule has 0 saturated heterocycles. The summed E-state index contributed by atoms with van der Waals surface area (Å²) < 4.78 is 3.18. The van der Waals surface area contributed by atoms with Gasteiger partial charge in [-0.05, 0) is 43.1 Å². The van der Waals surface area contributed by atoms with Gasteiger partial charge in [-0.3, -0.25) is 4.68 Å². The summed E-state index contributed by atoms with van der Waals surface area (Å²) in [5.41, 5.74) is 2.30. The minimum Gasteiger partial charge on any atom is -0.309 e. The summed E-state index contributed by atoms with van der Waals surface area (Å²) in [7, 11) is 0. The van der Waals surface area contributed by atoms with Gasteiger partial charge in [0.15, 0.2) is 0 Å². The maximum atomic E-state index is 4.47. The Kier molecular flexibility index (Phi) is 6.00. The van der Waals surface area contributed by atoms with Crippen LogP contribution in [0.4, 0.5) is 0 Å². The first-order valence-electron chi connectivity index (χ1n) is 5.61. The third-order valence-corrected chi connectivity index (χ3v) is 4.10. The highest BCUT2D eigenvalue weighted by molar-refractivity contribution is 9.10. The topological polar surface area (TPSA) is 29.9 Å². The van der Waals surface area contributed by atoms with E-state index in [9.17, 15) is 0 Å². The molecule has 1 aromatic rings. The fraction of sp³-hybridized carbons (Fsp3) is 0.727. The van der Waals surface area contributed by atoms with Crippen LogP contribution in [0.1, 0.15) is 31.7 Å². The summed E-state index contributed by atoms with van der Waals surface area (Å²) >= 11 is 7.05. The van der Waals surface area contributed by atoms with Crippen molar-refractivity contribution in [3.8, 4) is 0 Å². The second-order valence-electron chi connectivity index (χ2n) is 3.92. The van der Waals surface area contributed by atoms with Gasteiger partial charge in [-0.25, -0.2) is 0 Å². The first-order valence-corrected chi connectivity index (χ1v) is 7.52. The number of hydrogen-bond donors (Lipinski definition) is 1. The lowest BCUT2D eigenvalue weighted by atomic mass is 10.2. The van der Waals surface area contributed by atoms with Crippen LogP contribution in [0.15, 0.2) is 4.47 Å². The molecule has 1 N–H and O–H groups in total. The first-order chi connectivity index (χ1) is 7.60. The van der Waals surface area contributed by atoms with Crippen LogP contribution >= 0.6 is 31.9 Å². The van der Waals surface area contributed by atoms with Crippen molar-refractivity contribution in [3.63, 3.8) is 0 Å². The van der Waals surface area contributed by atoms with Crippen molar-refractivity contribution in [1.29, 1.82) is 0 Å². The van der Waals surface area contributed by atoms with E-state index in [0.29, 0.717) is 6.04 Å². The Morgan fingerprint density at radius 1 is 1.50 bits per heavy atom. The predicted molar refractivity (Wildman–Crippen MR) is 75.1 cm³/mol. The van der Waals surface area contributed by atoms with Crippen molar-refractivity contribution in [2.24, 2.45) is 0 Å². The van der Waals surface area contributed by atoms with Crippen molar-refractivity contribution in [1.82, 2.24) is 15.1 Å². The number of halogens is 2. The van der Waals surface area contributed by atoms with Crippen LogP contribution in [-0.2, 0) is 13.1 Å². The Morgan fingerprint density at radius 2 is 2.19 bits per heavy atom. The van der Waals surface area contributed by atoms with E-state index >= 15 is 0 Å². The normalized spacial score (nSPS) is 13.1. The van der Waals surface area contributed by atoms with E-state index in [1.54, 1.807) is 0 Å². The van der Waals surface area contributed by atoms with Gasteiger partial charge in [-0.2, -0.15) is 5.10 Å². The minimum absolute atomic E-state index is 0.520. The standard InChI is InChI=1S/C11H19Br2N3/c1-4-16-10(11(13)9(3)15-16)7-14-8(2)5-6-12/h8,14H,4-7H2,1-3H3. The number of hydrogen-bond acceptors (Lipinski definition) is 2. The molecule has 1 unspecified atom stereocenters. The summed E-state index contributed by atoms with van der Waals surface area (Å²) in [6.07, 6.45) is 1.14. The number of aryl methyl sites for hydroxylation is 2. The van der Waals surface area contributed by atoms with E-state index in [1.807, 2.05) is 11.6 Å². The van der Waals surface area contributed by atoms with Gasteiger partial charge in [-0.1, -0.05) is 15.9 Å². The maximum absolute atomic E-state index is 4.47. The Hall–Kier alpha value is 0.130. The molecule has 0 amide bonds. The molecule has 92 valence electrons. The molecular weight excluding hydrogens is 334 g/mol. The van der Waals surface area contributed by atoms with Crippen LogP contribution in [0, 0.1) is 6.92 Å². The molecule has 0 aliphatic rings. The third kappa shape index (κ3) is 3.57. The van der Waals surface area contributed by atoms with Gasteiger partial charge >= 0.3 is 0 Å². The molecule has 1 atom stereocenters. The van der Waals surface area contributed by atoms with Gasteiger partial charge < -0.3 is 5.32 Å². The molecule has 1 rings (SSSR count). The molecule has 16 heavy (non-hydrogen) atoms. The summed E-state index contributed by atoms with van der Waals surface area (Å²) in [6.45, 7) is 8.13. The lowest BCUT2D eigenvalue weighted by Crippen LogP contribution is -2.27. The number of rotatable bonds is 6. The molecule has 1 heterocycles. The molecule has 0 fully saturated rings. The zero-order valence-electron chi connectivity index (χ0n) is 10.1. The van der Waals surface area contributed by atoms with E-state index < -0.39 is 0 Å². The van der Waals surface area contributed by atoms with E-state index in [1.165, 1.54) is 5.69 Å².